The van der Waals surface area contributed by atoms with E-state index < -0.39 is 0 Å². The van der Waals surface area contributed by atoms with Crippen molar-refractivity contribution in [3.8, 4) is 5.75 Å². The summed E-state index contributed by atoms with van der Waals surface area (Å²) in [6.07, 6.45) is 0. The predicted octanol–water partition coefficient (Wildman–Crippen LogP) is 2.24. The quantitative estimate of drug-likeness (QED) is 0.749. The SMILES string of the molecule is COc1ccc2oc(CNc3nc(N(C)C)n[nH]3)cc2c1. The lowest BCUT2D eigenvalue weighted by molar-refractivity contribution is 0.415. The van der Waals surface area contributed by atoms with E-state index in [1.807, 2.05) is 43.3 Å². The molecule has 7 nitrogen and oxygen atoms in total. The first-order chi connectivity index (χ1) is 10.2. The molecular weight excluding hydrogens is 270 g/mol. The van der Waals surface area contributed by atoms with Crippen molar-refractivity contribution >= 4 is 22.9 Å². The van der Waals surface area contributed by atoms with Crippen LogP contribution >= 0.6 is 0 Å². The van der Waals surface area contributed by atoms with Crippen LogP contribution in [0.5, 0.6) is 5.75 Å². The van der Waals surface area contributed by atoms with Gasteiger partial charge in [0, 0.05) is 19.5 Å². The van der Waals surface area contributed by atoms with Crippen LogP contribution in [-0.4, -0.2) is 36.4 Å². The molecule has 2 N–H and O–H groups in total. The molecule has 0 atom stereocenters. The maximum Gasteiger partial charge on any atom is 0.245 e. The summed E-state index contributed by atoms with van der Waals surface area (Å²) < 4.78 is 11.0. The third kappa shape index (κ3) is 2.76. The summed E-state index contributed by atoms with van der Waals surface area (Å²) in [6, 6.07) is 7.70. The minimum absolute atomic E-state index is 0.527. The van der Waals surface area contributed by atoms with Gasteiger partial charge in [-0.1, -0.05) is 0 Å². The Balaban J connectivity index is 1.72. The summed E-state index contributed by atoms with van der Waals surface area (Å²) in [5, 5.41) is 11.1. The highest BCUT2D eigenvalue weighted by Crippen LogP contribution is 2.24. The third-order valence-corrected chi connectivity index (χ3v) is 3.08. The predicted molar refractivity (Wildman–Crippen MR) is 80.8 cm³/mol. The van der Waals surface area contributed by atoms with Gasteiger partial charge in [-0.2, -0.15) is 4.98 Å². The van der Waals surface area contributed by atoms with Crippen molar-refractivity contribution in [1.82, 2.24) is 15.2 Å². The van der Waals surface area contributed by atoms with Gasteiger partial charge >= 0.3 is 0 Å². The molecule has 3 aromatic rings. The molecule has 1 aromatic carbocycles. The molecule has 0 spiro atoms. The second kappa shape index (κ2) is 5.35. The van der Waals surface area contributed by atoms with Gasteiger partial charge in [0.2, 0.25) is 11.9 Å². The van der Waals surface area contributed by atoms with Crippen LogP contribution in [0.2, 0.25) is 0 Å². The summed E-state index contributed by atoms with van der Waals surface area (Å²) in [5.74, 6) is 2.87. The average molecular weight is 287 g/mol. The number of ether oxygens (including phenoxy) is 1. The molecule has 2 heterocycles. The summed E-state index contributed by atoms with van der Waals surface area (Å²) in [5.41, 5.74) is 0.833. The number of H-pyrrole nitrogens is 1. The number of methoxy groups -OCH3 is 1. The molecule has 0 saturated heterocycles. The van der Waals surface area contributed by atoms with Gasteiger partial charge in [0.15, 0.2) is 0 Å². The zero-order valence-electron chi connectivity index (χ0n) is 12.2. The first-order valence-electron chi connectivity index (χ1n) is 6.56. The minimum atomic E-state index is 0.527. The fourth-order valence-electron chi connectivity index (χ4n) is 1.99. The Bertz CT molecular complexity index is 747. The van der Waals surface area contributed by atoms with Gasteiger partial charge in [-0.25, -0.2) is 5.10 Å². The highest BCUT2D eigenvalue weighted by Gasteiger charge is 2.07. The zero-order chi connectivity index (χ0) is 14.8. The summed E-state index contributed by atoms with van der Waals surface area (Å²) >= 11 is 0. The Hall–Kier alpha value is -2.70. The topological polar surface area (TPSA) is 79.2 Å². The Morgan fingerprint density at radius 3 is 2.90 bits per heavy atom. The van der Waals surface area contributed by atoms with Crippen molar-refractivity contribution in [3.05, 3.63) is 30.0 Å². The molecule has 2 aromatic heterocycles. The van der Waals surface area contributed by atoms with Crippen LogP contribution in [0.15, 0.2) is 28.7 Å². The lowest BCUT2D eigenvalue weighted by Gasteiger charge is -2.03. The molecule has 0 amide bonds. The number of nitrogens with zero attached hydrogens (tertiary/aromatic N) is 3. The van der Waals surface area contributed by atoms with Gasteiger partial charge < -0.3 is 19.4 Å². The first-order valence-corrected chi connectivity index (χ1v) is 6.56. The Kier molecular flexibility index (Phi) is 3.39. The fourth-order valence-corrected chi connectivity index (χ4v) is 1.99. The molecule has 21 heavy (non-hydrogen) atoms. The number of fused-ring (bicyclic) bond motifs is 1. The van der Waals surface area contributed by atoms with E-state index >= 15 is 0 Å². The van der Waals surface area contributed by atoms with Crippen LogP contribution in [-0.2, 0) is 6.54 Å². The van der Waals surface area contributed by atoms with Gasteiger partial charge in [-0.3, -0.25) is 0 Å². The van der Waals surface area contributed by atoms with E-state index in [0.717, 1.165) is 22.5 Å². The van der Waals surface area contributed by atoms with E-state index in [2.05, 4.69) is 20.5 Å². The van der Waals surface area contributed by atoms with E-state index in [1.54, 1.807) is 7.11 Å². The van der Waals surface area contributed by atoms with Crippen LogP contribution in [0.3, 0.4) is 0 Å². The zero-order valence-corrected chi connectivity index (χ0v) is 12.2. The van der Waals surface area contributed by atoms with Crippen LogP contribution in [0.25, 0.3) is 11.0 Å². The lowest BCUT2D eigenvalue weighted by Crippen LogP contribution is -2.10. The maximum atomic E-state index is 5.75. The highest BCUT2D eigenvalue weighted by molar-refractivity contribution is 5.79. The van der Waals surface area contributed by atoms with Crippen molar-refractivity contribution in [2.45, 2.75) is 6.54 Å². The molecule has 0 unspecified atom stereocenters. The van der Waals surface area contributed by atoms with Crippen molar-refractivity contribution in [2.75, 3.05) is 31.4 Å². The molecular formula is C14H17N5O2. The van der Waals surface area contributed by atoms with E-state index in [-0.39, 0.29) is 0 Å². The van der Waals surface area contributed by atoms with Crippen LogP contribution in [0.4, 0.5) is 11.9 Å². The molecule has 0 aliphatic heterocycles. The van der Waals surface area contributed by atoms with Gasteiger partial charge in [-0.15, -0.1) is 5.10 Å². The van der Waals surface area contributed by atoms with Gasteiger partial charge in [0.25, 0.3) is 0 Å². The number of hydrogen-bond acceptors (Lipinski definition) is 6. The number of rotatable bonds is 5. The molecule has 0 fully saturated rings. The Morgan fingerprint density at radius 2 is 2.19 bits per heavy atom. The number of nitrogens with one attached hydrogen (secondary N) is 2. The summed E-state index contributed by atoms with van der Waals surface area (Å²) in [6.45, 7) is 0.527. The summed E-state index contributed by atoms with van der Waals surface area (Å²) in [4.78, 5) is 6.12. The normalized spacial score (nSPS) is 10.8. The number of benzene rings is 1. The Morgan fingerprint density at radius 1 is 1.33 bits per heavy atom. The maximum absolute atomic E-state index is 5.75. The van der Waals surface area contributed by atoms with Crippen molar-refractivity contribution < 1.29 is 9.15 Å². The molecule has 7 heteroatoms. The molecule has 0 bridgehead atoms. The van der Waals surface area contributed by atoms with Crippen LogP contribution in [0, 0.1) is 0 Å². The second-order valence-corrected chi connectivity index (χ2v) is 4.85. The number of furan rings is 1. The molecule has 0 saturated carbocycles. The van der Waals surface area contributed by atoms with E-state index in [1.165, 1.54) is 0 Å². The monoisotopic (exact) mass is 287 g/mol. The summed E-state index contributed by atoms with van der Waals surface area (Å²) in [7, 11) is 5.43. The number of hydrogen-bond donors (Lipinski definition) is 2. The van der Waals surface area contributed by atoms with E-state index in [9.17, 15) is 0 Å². The van der Waals surface area contributed by atoms with Gasteiger partial charge in [0.1, 0.15) is 17.1 Å². The minimum Gasteiger partial charge on any atom is -0.497 e. The number of aromatic amines is 1. The molecule has 110 valence electrons. The van der Waals surface area contributed by atoms with Crippen LogP contribution in [0.1, 0.15) is 5.76 Å². The van der Waals surface area contributed by atoms with Gasteiger partial charge in [-0.05, 0) is 24.3 Å². The molecule has 0 aliphatic rings. The lowest BCUT2D eigenvalue weighted by atomic mass is 10.2. The average Bonchev–Trinajstić information content (AvgIpc) is 3.10. The molecule has 0 aliphatic carbocycles. The van der Waals surface area contributed by atoms with E-state index in [4.69, 9.17) is 9.15 Å². The standard InChI is InChI=1S/C14H17N5O2/c1-19(2)14-16-13(17-18-14)15-8-11-7-9-6-10(20-3)4-5-12(9)21-11/h4-7H,8H2,1-3H3,(H2,15,16,17,18). The van der Waals surface area contributed by atoms with Crippen molar-refractivity contribution in [1.29, 1.82) is 0 Å². The van der Waals surface area contributed by atoms with Crippen LogP contribution < -0.4 is 15.0 Å². The fraction of sp³-hybridized carbons (Fsp3) is 0.286. The van der Waals surface area contributed by atoms with Crippen molar-refractivity contribution in [2.24, 2.45) is 0 Å². The number of anilines is 2. The smallest absolute Gasteiger partial charge is 0.245 e. The highest BCUT2D eigenvalue weighted by atomic mass is 16.5. The molecule has 0 radical (unpaired) electrons. The third-order valence-electron chi connectivity index (χ3n) is 3.08. The largest absolute Gasteiger partial charge is 0.497 e. The first kappa shape index (κ1) is 13.3. The van der Waals surface area contributed by atoms with E-state index in [0.29, 0.717) is 18.4 Å². The number of aromatic nitrogens is 3. The van der Waals surface area contributed by atoms with Gasteiger partial charge in [0.05, 0.1) is 13.7 Å². The Labute approximate surface area is 121 Å². The van der Waals surface area contributed by atoms with Crippen molar-refractivity contribution in [3.63, 3.8) is 0 Å². The second-order valence-electron chi connectivity index (χ2n) is 4.85. The molecule has 3 rings (SSSR count).